The predicted molar refractivity (Wildman–Crippen MR) is 128 cm³/mol. The molecule has 0 bridgehead atoms. The van der Waals surface area contributed by atoms with Gasteiger partial charge in [-0.15, -0.1) is 0 Å². The Bertz CT molecular complexity index is 861. The summed E-state index contributed by atoms with van der Waals surface area (Å²) < 4.78 is 11.0. The van der Waals surface area contributed by atoms with Crippen LogP contribution in [0.3, 0.4) is 0 Å². The molecule has 0 saturated carbocycles. The molecule has 166 valence electrons. The van der Waals surface area contributed by atoms with Crippen LogP contribution >= 0.6 is 0 Å². The molecule has 1 unspecified atom stereocenters. The van der Waals surface area contributed by atoms with Crippen LogP contribution in [0.25, 0.3) is 6.08 Å². The second-order valence-corrected chi connectivity index (χ2v) is 8.39. The van der Waals surface area contributed by atoms with Crippen molar-refractivity contribution >= 4 is 11.8 Å². The largest absolute Gasteiger partial charge is 0.496 e. The fraction of sp³-hybridized carbons (Fsp3) is 0.462. The molecule has 2 aromatic carbocycles. The first kappa shape index (κ1) is 21.7. The summed E-state index contributed by atoms with van der Waals surface area (Å²) in [5.41, 5.74) is 2.36. The van der Waals surface area contributed by atoms with Gasteiger partial charge in [0, 0.05) is 50.9 Å². The zero-order chi connectivity index (χ0) is 21.5. The Kier molecular flexibility index (Phi) is 7.49. The second-order valence-electron chi connectivity index (χ2n) is 8.39. The molecule has 5 nitrogen and oxygen atoms in total. The van der Waals surface area contributed by atoms with Gasteiger partial charge in [0.25, 0.3) is 0 Å². The van der Waals surface area contributed by atoms with E-state index < -0.39 is 0 Å². The molecule has 2 aliphatic heterocycles. The third-order valence-electron chi connectivity index (χ3n) is 6.54. The summed E-state index contributed by atoms with van der Waals surface area (Å²) in [6.07, 6.45) is 7.05. The number of anilines is 1. The van der Waals surface area contributed by atoms with E-state index in [1.807, 2.05) is 18.2 Å². The predicted octanol–water partition coefficient (Wildman–Crippen LogP) is 4.00. The smallest absolute Gasteiger partial charge is 0.142 e. The van der Waals surface area contributed by atoms with Crippen LogP contribution in [0.15, 0.2) is 54.6 Å². The van der Waals surface area contributed by atoms with Gasteiger partial charge in [0.05, 0.1) is 19.9 Å². The number of benzene rings is 2. The van der Waals surface area contributed by atoms with Crippen molar-refractivity contribution in [3.8, 4) is 11.5 Å². The molecular formula is C26H35N3O2. The van der Waals surface area contributed by atoms with Crippen LogP contribution in [0, 0.1) is 0 Å². The molecule has 2 aliphatic rings. The number of rotatable bonds is 7. The van der Waals surface area contributed by atoms with Gasteiger partial charge in [-0.25, -0.2) is 0 Å². The van der Waals surface area contributed by atoms with Crippen LogP contribution in [0.5, 0.6) is 11.5 Å². The quantitative estimate of drug-likeness (QED) is 0.674. The highest BCUT2D eigenvalue weighted by Crippen LogP contribution is 2.29. The lowest BCUT2D eigenvalue weighted by Crippen LogP contribution is -2.55. The van der Waals surface area contributed by atoms with Crippen molar-refractivity contribution in [2.75, 3.05) is 64.9 Å². The van der Waals surface area contributed by atoms with E-state index in [4.69, 9.17) is 9.47 Å². The molecule has 1 atom stereocenters. The van der Waals surface area contributed by atoms with Gasteiger partial charge in [-0.3, -0.25) is 9.80 Å². The van der Waals surface area contributed by atoms with Gasteiger partial charge in [-0.1, -0.05) is 42.5 Å². The van der Waals surface area contributed by atoms with Crippen molar-refractivity contribution in [1.29, 1.82) is 0 Å². The van der Waals surface area contributed by atoms with Crippen molar-refractivity contribution in [1.82, 2.24) is 9.80 Å². The maximum absolute atomic E-state index is 5.56. The van der Waals surface area contributed by atoms with Crippen molar-refractivity contribution in [3.05, 3.63) is 60.2 Å². The Balaban J connectivity index is 1.29. The van der Waals surface area contributed by atoms with Gasteiger partial charge in [0.1, 0.15) is 11.5 Å². The van der Waals surface area contributed by atoms with Crippen LogP contribution in [-0.4, -0.2) is 75.9 Å². The molecule has 0 amide bonds. The molecule has 0 spiro atoms. The van der Waals surface area contributed by atoms with E-state index in [0.29, 0.717) is 6.04 Å². The first-order valence-electron chi connectivity index (χ1n) is 11.4. The van der Waals surface area contributed by atoms with Gasteiger partial charge in [-0.05, 0) is 37.6 Å². The Labute approximate surface area is 186 Å². The fourth-order valence-electron chi connectivity index (χ4n) is 4.85. The number of ether oxygens (including phenoxy) is 2. The van der Waals surface area contributed by atoms with Gasteiger partial charge >= 0.3 is 0 Å². The molecule has 2 saturated heterocycles. The van der Waals surface area contributed by atoms with Crippen molar-refractivity contribution in [2.24, 2.45) is 0 Å². The van der Waals surface area contributed by atoms with Gasteiger partial charge < -0.3 is 14.4 Å². The highest BCUT2D eigenvalue weighted by atomic mass is 16.5. The number of piperazine rings is 1. The summed E-state index contributed by atoms with van der Waals surface area (Å²) in [6.45, 7) is 7.70. The molecular weight excluding hydrogens is 386 g/mol. The number of nitrogens with zero attached hydrogens (tertiary/aromatic N) is 3. The van der Waals surface area contributed by atoms with Crippen LogP contribution in [-0.2, 0) is 0 Å². The maximum atomic E-state index is 5.56. The Morgan fingerprint density at radius 2 is 1.58 bits per heavy atom. The topological polar surface area (TPSA) is 28.2 Å². The fourth-order valence-corrected chi connectivity index (χ4v) is 4.85. The average molecular weight is 422 g/mol. The van der Waals surface area contributed by atoms with Crippen LogP contribution in [0.2, 0.25) is 0 Å². The van der Waals surface area contributed by atoms with E-state index in [2.05, 4.69) is 57.2 Å². The number of hydrogen-bond donors (Lipinski definition) is 0. The Hall–Kier alpha value is -2.50. The Morgan fingerprint density at radius 1 is 0.871 bits per heavy atom. The van der Waals surface area contributed by atoms with Crippen molar-refractivity contribution in [2.45, 2.75) is 18.9 Å². The molecule has 4 rings (SSSR count). The number of piperidine rings is 1. The minimum atomic E-state index is 0.660. The number of methoxy groups -OCH3 is 2. The van der Waals surface area contributed by atoms with Crippen LogP contribution < -0.4 is 14.4 Å². The minimum absolute atomic E-state index is 0.660. The standard InChI is InChI=1S/C26H35N3O2/c1-30-25-13-5-3-9-22(25)10-7-15-27-16-8-11-23(21-27)28-17-19-29(20-18-28)24-12-4-6-14-26(24)31-2/h3-7,9-10,12-14,23H,8,11,15-21H2,1-2H3. The van der Waals surface area contributed by atoms with E-state index >= 15 is 0 Å². The molecule has 5 heteroatoms. The monoisotopic (exact) mass is 421 g/mol. The first-order valence-corrected chi connectivity index (χ1v) is 11.4. The number of hydrogen-bond acceptors (Lipinski definition) is 5. The van der Waals surface area contributed by atoms with Crippen molar-refractivity contribution in [3.63, 3.8) is 0 Å². The second kappa shape index (κ2) is 10.7. The summed E-state index contributed by atoms with van der Waals surface area (Å²) >= 11 is 0. The van der Waals surface area contributed by atoms with Crippen molar-refractivity contribution < 1.29 is 9.47 Å². The SMILES string of the molecule is COc1ccccc1C=CCN1CCCC(N2CCN(c3ccccc3OC)CC2)C1. The summed E-state index contributed by atoms with van der Waals surface area (Å²) in [4.78, 5) is 7.75. The normalized spacial score (nSPS) is 20.8. The molecule has 31 heavy (non-hydrogen) atoms. The number of para-hydroxylation sites is 3. The van der Waals surface area contributed by atoms with Crippen LogP contribution in [0.1, 0.15) is 18.4 Å². The summed E-state index contributed by atoms with van der Waals surface area (Å²) in [5.74, 6) is 1.91. The lowest BCUT2D eigenvalue weighted by molar-refractivity contribution is 0.0991. The van der Waals surface area contributed by atoms with Gasteiger partial charge in [0.15, 0.2) is 0 Å². The van der Waals surface area contributed by atoms with E-state index in [1.54, 1.807) is 14.2 Å². The lowest BCUT2D eigenvalue weighted by atomic mass is 10.0. The highest BCUT2D eigenvalue weighted by Gasteiger charge is 2.28. The molecule has 2 fully saturated rings. The first-order chi connectivity index (χ1) is 15.3. The molecule has 2 aromatic rings. The van der Waals surface area contributed by atoms with Gasteiger partial charge in [-0.2, -0.15) is 0 Å². The molecule has 2 heterocycles. The molecule has 0 aliphatic carbocycles. The van der Waals surface area contributed by atoms with E-state index in [9.17, 15) is 0 Å². The Morgan fingerprint density at radius 3 is 2.35 bits per heavy atom. The van der Waals surface area contributed by atoms with Crippen LogP contribution in [0.4, 0.5) is 5.69 Å². The third-order valence-corrected chi connectivity index (χ3v) is 6.54. The van der Waals surface area contributed by atoms with E-state index in [0.717, 1.165) is 56.3 Å². The van der Waals surface area contributed by atoms with E-state index in [1.165, 1.54) is 25.1 Å². The molecule has 0 radical (unpaired) electrons. The summed E-state index contributed by atoms with van der Waals surface area (Å²) in [6, 6.07) is 17.2. The van der Waals surface area contributed by atoms with Gasteiger partial charge in [0.2, 0.25) is 0 Å². The molecule has 0 N–H and O–H groups in total. The average Bonchev–Trinajstić information content (AvgIpc) is 2.84. The zero-order valence-electron chi connectivity index (χ0n) is 18.9. The minimum Gasteiger partial charge on any atom is -0.496 e. The van der Waals surface area contributed by atoms with E-state index in [-0.39, 0.29) is 0 Å². The lowest BCUT2D eigenvalue weighted by Gasteiger charge is -2.44. The zero-order valence-corrected chi connectivity index (χ0v) is 18.9. The summed E-state index contributed by atoms with van der Waals surface area (Å²) in [7, 11) is 3.49. The third kappa shape index (κ3) is 5.41. The summed E-state index contributed by atoms with van der Waals surface area (Å²) in [5, 5.41) is 0. The highest BCUT2D eigenvalue weighted by molar-refractivity contribution is 5.59. The number of likely N-dealkylation sites (tertiary alicyclic amines) is 1. The maximum Gasteiger partial charge on any atom is 0.142 e. The molecule has 0 aromatic heterocycles.